The van der Waals surface area contributed by atoms with Crippen LogP contribution in [0.25, 0.3) is 0 Å². The first-order valence-electron chi connectivity index (χ1n) is 6.02. The minimum atomic E-state index is -0.794. The third kappa shape index (κ3) is 4.36. The summed E-state index contributed by atoms with van der Waals surface area (Å²) < 4.78 is 1.78. The smallest absolute Gasteiger partial charge is 0.303 e. The topological polar surface area (TPSA) is 80.0 Å². The van der Waals surface area contributed by atoms with Gasteiger partial charge in [-0.25, -0.2) is 4.98 Å². The van der Waals surface area contributed by atoms with E-state index in [2.05, 4.69) is 15.4 Å². The van der Waals surface area contributed by atoms with Gasteiger partial charge in [-0.05, 0) is 6.07 Å². The number of aryl methyl sites for hydroxylation is 2. The van der Waals surface area contributed by atoms with Gasteiger partial charge in [0.25, 0.3) is 0 Å². The molecule has 7 heteroatoms. The first-order valence-corrected chi connectivity index (χ1v) is 6.90. The van der Waals surface area contributed by atoms with Gasteiger partial charge < -0.3 is 10.4 Å². The Bertz CT molecular complexity index is 549. The van der Waals surface area contributed by atoms with E-state index in [4.69, 9.17) is 5.11 Å². The molecule has 2 N–H and O–H groups in total. The van der Waals surface area contributed by atoms with E-state index in [1.807, 2.05) is 24.7 Å². The summed E-state index contributed by atoms with van der Waals surface area (Å²) in [5, 5.41) is 18.8. The van der Waals surface area contributed by atoms with E-state index in [0.29, 0.717) is 6.42 Å². The molecule has 19 heavy (non-hydrogen) atoms. The molecule has 0 aliphatic rings. The van der Waals surface area contributed by atoms with Gasteiger partial charge in [0.15, 0.2) is 5.13 Å². The zero-order valence-electron chi connectivity index (χ0n) is 10.7. The number of thiazole rings is 1. The lowest BCUT2D eigenvalue weighted by atomic mass is 10.2. The Morgan fingerprint density at radius 3 is 3.00 bits per heavy atom. The molecule has 6 nitrogen and oxygen atoms in total. The Balaban J connectivity index is 1.75. The van der Waals surface area contributed by atoms with E-state index < -0.39 is 5.97 Å². The molecule has 0 saturated carbocycles. The molecule has 102 valence electrons. The van der Waals surface area contributed by atoms with Crippen molar-refractivity contribution in [2.75, 3.05) is 11.9 Å². The van der Waals surface area contributed by atoms with Crippen molar-refractivity contribution in [3.05, 3.63) is 29.0 Å². The highest BCUT2D eigenvalue weighted by Gasteiger charge is 2.04. The van der Waals surface area contributed by atoms with Crippen LogP contribution in [0.15, 0.2) is 17.6 Å². The van der Waals surface area contributed by atoms with Gasteiger partial charge in [-0.3, -0.25) is 9.48 Å². The second-order valence-electron chi connectivity index (χ2n) is 4.20. The van der Waals surface area contributed by atoms with Crippen LogP contribution in [0, 0.1) is 0 Å². The number of hydrogen-bond acceptors (Lipinski definition) is 5. The zero-order valence-corrected chi connectivity index (χ0v) is 11.5. The zero-order chi connectivity index (χ0) is 13.7. The van der Waals surface area contributed by atoms with E-state index in [0.717, 1.165) is 29.5 Å². The molecule has 0 saturated heterocycles. The average molecular weight is 280 g/mol. The summed E-state index contributed by atoms with van der Waals surface area (Å²) in [4.78, 5) is 14.8. The van der Waals surface area contributed by atoms with Crippen LogP contribution in [0.2, 0.25) is 0 Å². The van der Waals surface area contributed by atoms with Crippen LogP contribution >= 0.6 is 11.3 Å². The fourth-order valence-corrected chi connectivity index (χ4v) is 2.41. The van der Waals surface area contributed by atoms with Gasteiger partial charge >= 0.3 is 5.97 Å². The maximum atomic E-state index is 10.5. The monoisotopic (exact) mass is 280 g/mol. The summed E-state index contributed by atoms with van der Waals surface area (Å²) in [6, 6.07) is 1.99. The fraction of sp³-hybridized carbons (Fsp3) is 0.417. The van der Waals surface area contributed by atoms with Crippen LogP contribution in [0.4, 0.5) is 5.13 Å². The van der Waals surface area contributed by atoms with Crippen LogP contribution in [0.1, 0.15) is 17.8 Å². The highest BCUT2D eigenvalue weighted by atomic mass is 32.1. The first-order chi connectivity index (χ1) is 9.13. The van der Waals surface area contributed by atoms with E-state index in [-0.39, 0.29) is 6.42 Å². The van der Waals surface area contributed by atoms with E-state index in [9.17, 15) is 4.79 Å². The first kappa shape index (κ1) is 13.5. The van der Waals surface area contributed by atoms with Crippen molar-refractivity contribution in [2.45, 2.75) is 19.3 Å². The molecule has 0 aliphatic heterocycles. The third-order valence-electron chi connectivity index (χ3n) is 2.57. The maximum Gasteiger partial charge on any atom is 0.303 e. The summed E-state index contributed by atoms with van der Waals surface area (Å²) in [7, 11) is 1.90. The standard InChI is InChI=1S/C12H16N4O2S/c1-16-7-5-9(15-16)4-6-13-12-14-10(8-19-12)2-3-11(17)18/h5,7-8H,2-4,6H2,1H3,(H,13,14)(H,17,18). The Hall–Kier alpha value is -1.89. The van der Waals surface area contributed by atoms with Gasteiger partial charge in [0, 0.05) is 38.0 Å². The largest absolute Gasteiger partial charge is 0.481 e. The molecule has 0 atom stereocenters. The number of nitrogens with zero attached hydrogens (tertiary/aromatic N) is 3. The Morgan fingerprint density at radius 2 is 2.32 bits per heavy atom. The number of anilines is 1. The van der Waals surface area contributed by atoms with Crippen molar-refractivity contribution in [1.29, 1.82) is 0 Å². The number of carbonyl (C=O) groups is 1. The van der Waals surface area contributed by atoms with Crippen LogP contribution in [0.5, 0.6) is 0 Å². The molecule has 2 heterocycles. The van der Waals surface area contributed by atoms with Crippen LogP contribution in [0.3, 0.4) is 0 Å². The fourth-order valence-electron chi connectivity index (χ4n) is 1.63. The minimum absolute atomic E-state index is 0.122. The number of aromatic nitrogens is 3. The quantitative estimate of drug-likeness (QED) is 0.804. The molecular formula is C12H16N4O2S. The number of hydrogen-bond donors (Lipinski definition) is 2. The summed E-state index contributed by atoms with van der Waals surface area (Å²) >= 11 is 1.50. The molecule has 0 aromatic carbocycles. The molecular weight excluding hydrogens is 264 g/mol. The third-order valence-corrected chi connectivity index (χ3v) is 3.42. The van der Waals surface area contributed by atoms with Crippen molar-refractivity contribution in [3.63, 3.8) is 0 Å². The van der Waals surface area contributed by atoms with Gasteiger partial charge in [0.05, 0.1) is 17.8 Å². The number of rotatable bonds is 7. The molecule has 0 radical (unpaired) electrons. The molecule has 2 aromatic heterocycles. The van der Waals surface area contributed by atoms with Gasteiger partial charge in [0.2, 0.25) is 0 Å². The van der Waals surface area contributed by atoms with E-state index >= 15 is 0 Å². The Morgan fingerprint density at radius 1 is 1.47 bits per heavy atom. The van der Waals surface area contributed by atoms with Gasteiger partial charge in [-0.15, -0.1) is 11.3 Å². The summed E-state index contributed by atoms with van der Waals surface area (Å²) in [5.74, 6) is -0.794. The number of carboxylic acid groups (broad SMARTS) is 1. The van der Waals surface area contributed by atoms with E-state index in [1.54, 1.807) is 4.68 Å². The maximum absolute atomic E-state index is 10.5. The number of carboxylic acids is 1. The highest BCUT2D eigenvalue weighted by Crippen LogP contribution is 2.16. The molecule has 0 bridgehead atoms. The summed E-state index contributed by atoms with van der Waals surface area (Å²) in [6.45, 7) is 0.767. The van der Waals surface area contributed by atoms with Crippen LogP contribution < -0.4 is 5.32 Å². The average Bonchev–Trinajstić information content (AvgIpc) is 2.96. The molecule has 0 amide bonds. The minimum Gasteiger partial charge on any atom is -0.481 e. The molecule has 2 aromatic rings. The van der Waals surface area contributed by atoms with Crippen LogP contribution in [-0.2, 0) is 24.7 Å². The van der Waals surface area contributed by atoms with Gasteiger partial charge in [-0.2, -0.15) is 5.10 Å². The second-order valence-corrected chi connectivity index (χ2v) is 5.05. The van der Waals surface area contributed by atoms with E-state index in [1.165, 1.54) is 11.3 Å². The lowest BCUT2D eigenvalue weighted by Gasteiger charge is -2.00. The molecule has 0 fully saturated rings. The SMILES string of the molecule is Cn1ccc(CCNc2nc(CCC(=O)O)cs2)n1. The van der Waals surface area contributed by atoms with Gasteiger partial charge in [0.1, 0.15) is 0 Å². The normalized spacial score (nSPS) is 10.6. The van der Waals surface area contributed by atoms with Crippen molar-refractivity contribution in [2.24, 2.45) is 7.05 Å². The number of nitrogens with one attached hydrogen (secondary N) is 1. The lowest BCUT2D eigenvalue weighted by Crippen LogP contribution is -2.05. The van der Waals surface area contributed by atoms with Crippen LogP contribution in [-0.4, -0.2) is 32.4 Å². The Kier molecular flexibility index (Phi) is 4.51. The highest BCUT2D eigenvalue weighted by molar-refractivity contribution is 7.13. The predicted octanol–water partition coefficient (Wildman–Crippen LogP) is 1.55. The molecule has 0 spiro atoms. The summed E-state index contributed by atoms with van der Waals surface area (Å²) in [5.41, 5.74) is 1.87. The van der Waals surface area contributed by atoms with Crippen molar-refractivity contribution in [1.82, 2.24) is 14.8 Å². The molecule has 2 rings (SSSR count). The van der Waals surface area contributed by atoms with Crippen molar-refractivity contribution in [3.8, 4) is 0 Å². The van der Waals surface area contributed by atoms with Gasteiger partial charge in [-0.1, -0.05) is 0 Å². The van der Waals surface area contributed by atoms with Crippen molar-refractivity contribution < 1.29 is 9.90 Å². The molecule has 0 aliphatic carbocycles. The van der Waals surface area contributed by atoms with Crippen molar-refractivity contribution >= 4 is 22.4 Å². The predicted molar refractivity (Wildman–Crippen MR) is 73.5 cm³/mol. The Labute approximate surface area is 115 Å². The lowest BCUT2D eigenvalue weighted by molar-refractivity contribution is -0.136. The number of aliphatic carboxylic acids is 1. The molecule has 0 unspecified atom stereocenters. The second kappa shape index (κ2) is 6.33. The summed E-state index contributed by atoms with van der Waals surface area (Å²) in [6.07, 6.45) is 3.36.